The molecule has 0 amide bonds. The standard InChI is InChI=1S/C11H20N4O/c1-8(2)15-10(13-14-11(15)7-12)6-9-4-3-5-16-9/h8-9H,3-7,12H2,1-2H3. The maximum atomic E-state index is 5.66. The van der Waals surface area contributed by atoms with E-state index in [-0.39, 0.29) is 0 Å². The van der Waals surface area contributed by atoms with Gasteiger partial charge in [-0.25, -0.2) is 0 Å². The monoisotopic (exact) mass is 224 g/mol. The summed E-state index contributed by atoms with van der Waals surface area (Å²) in [6, 6.07) is 0.352. The van der Waals surface area contributed by atoms with Gasteiger partial charge in [-0.15, -0.1) is 10.2 Å². The molecule has 0 aliphatic carbocycles. The first-order valence-electron chi connectivity index (χ1n) is 5.96. The Morgan fingerprint density at radius 3 is 2.75 bits per heavy atom. The summed E-state index contributed by atoms with van der Waals surface area (Å²) in [5.74, 6) is 1.87. The molecule has 1 aliphatic heterocycles. The van der Waals surface area contributed by atoms with E-state index >= 15 is 0 Å². The molecule has 0 spiro atoms. The molecule has 1 fully saturated rings. The van der Waals surface area contributed by atoms with Crippen molar-refractivity contribution in [1.29, 1.82) is 0 Å². The van der Waals surface area contributed by atoms with Crippen LogP contribution in [0.3, 0.4) is 0 Å². The molecule has 0 bridgehead atoms. The lowest BCUT2D eigenvalue weighted by atomic mass is 10.1. The average Bonchev–Trinajstić information content (AvgIpc) is 2.87. The fourth-order valence-electron chi connectivity index (χ4n) is 2.24. The lowest BCUT2D eigenvalue weighted by Crippen LogP contribution is -2.17. The molecule has 1 aromatic rings. The number of rotatable bonds is 4. The summed E-state index contributed by atoms with van der Waals surface area (Å²) in [6.45, 7) is 5.57. The molecular weight excluding hydrogens is 204 g/mol. The lowest BCUT2D eigenvalue weighted by molar-refractivity contribution is 0.109. The van der Waals surface area contributed by atoms with Gasteiger partial charge in [0.1, 0.15) is 11.6 Å². The van der Waals surface area contributed by atoms with Crippen molar-refractivity contribution in [2.75, 3.05) is 6.61 Å². The van der Waals surface area contributed by atoms with E-state index in [1.807, 2.05) is 0 Å². The maximum absolute atomic E-state index is 5.66. The highest BCUT2D eigenvalue weighted by molar-refractivity contribution is 4.99. The lowest BCUT2D eigenvalue weighted by Gasteiger charge is -2.15. The zero-order chi connectivity index (χ0) is 11.5. The van der Waals surface area contributed by atoms with Gasteiger partial charge in [0, 0.05) is 19.1 Å². The Hall–Kier alpha value is -0.940. The van der Waals surface area contributed by atoms with Crippen LogP contribution >= 0.6 is 0 Å². The Morgan fingerprint density at radius 1 is 1.44 bits per heavy atom. The van der Waals surface area contributed by atoms with E-state index in [1.165, 1.54) is 0 Å². The number of nitrogens with zero attached hydrogens (tertiary/aromatic N) is 3. The van der Waals surface area contributed by atoms with Crippen molar-refractivity contribution in [2.24, 2.45) is 5.73 Å². The van der Waals surface area contributed by atoms with Crippen LogP contribution in [0.15, 0.2) is 0 Å². The molecule has 1 unspecified atom stereocenters. The summed E-state index contributed by atoms with van der Waals surface area (Å²) < 4.78 is 7.75. The highest BCUT2D eigenvalue weighted by Gasteiger charge is 2.21. The second-order valence-corrected chi connectivity index (χ2v) is 4.54. The van der Waals surface area contributed by atoms with Crippen LogP contribution in [0.1, 0.15) is 44.4 Å². The Balaban J connectivity index is 2.15. The van der Waals surface area contributed by atoms with Crippen molar-refractivity contribution in [3.05, 3.63) is 11.6 Å². The van der Waals surface area contributed by atoms with E-state index in [1.54, 1.807) is 0 Å². The van der Waals surface area contributed by atoms with E-state index in [0.29, 0.717) is 18.7 Å². The van der Waals surface area contributed by atoms with Crippen LogP contribution in [0.4, 0.5) is 0 Å². The Labute approximate surface area is 96.0 Å². The van der Waals surface area contributed by atoms with Crippen molar-refractivity contribution >= 4 is 0 Å². The molecule has 1 aromatic heterocycles. The van der Waals surface area contributed by atoms with Crippen LogP contribution in [-0.4, -0.2) is 27.5 Å². The number of nitrogens with two attached hydrogens (primary N) is 1. The van der Waals surface area contributed by atoms with Gasteiger partial charge in [-0.3, -0.25) is 0 Å². The third-order valence-corrected chi connectivity index (χ3v) is 2.97. The first-order valence-corrected chi connectivity index (χ1v) is 5.96. The summed E-state index contributed by atoms with van der Waals surface area (Å²) >= 11 is 0. The average molecular weight is 224 g/mol. The van der Waals surface area contributed by atoms with Crippen molar-refractivity contribution < 1.29 is 4.74 Å². The molecule has 5 nitrogen and oxygen atoms in total. The highest BCUT2D eigenvalue weighted by Crippen LogP contribution is 2.19. The fraction of sp³-hybridized carbons (Fsp3) is 0.818. The maximum Gasteiger partial charge on any atom is 0.147 e. The summed E-state index contributed by atoms with van der Waals surface area (Å²) in [6.07, 6.45) is 3.45. The molecular formula is C11H20N4O. The van der Waals surface area contributed by atoms with E-state index < -0.39 is 0 Å². The molecule has 90 valence electrons. The largest absolute Gasteiger partial charge is 0.378 e. The van der Waals surface area contributed by atoms with Crippen molar-refractivity contribution in [3.63, 3.8) is 0 Å². The quantitative estimate of drug-likeness (QED) is 0.829. The Bertz CT molecular complexity index is 342. The van der Waals surface area contributed by atoms with Crippen molar-refractivity contribution in [3.8, 4) is 0 Å². The SMILES string of the molecule is CC(C)n1c(CN)nnc1CC1CCCO1. The zero-order valence-electron chi connectivity index (χ0n) is 10.0. The Kier molecular flexibility index (Phi) is 3.56. The van der Waals surface area contributed by atoms with Crippen LogP contribution in [0, 0.1) is 0 Å². The van der Waals surface area contributed by atoms with Crippen LogP contribution < -0.4 is 5.73 Å². The van der Waals surface area contributed by atoms with Crippen LogP contribution in [0.2, 0.25) is 0 Å². The van der Waals surface area contributed by atoms with Crippen molar-refractivity contribution in [1.82, 2.24) is 14.8 Å². The first-order chi connectivity index (χ1) is 7.72. The minimum atomic E-state index is 0.312. The van der Waals surface area contributed by atoms with E-state index in [4.69, 9.17) is 10.5 Å². The van der Waals surface area contributed by atoms with Gasteiger partial charge in [-0.2, -0.15) is 0 Å². The molecule has 1 saturated heterocycles. The predicted octanol–water partition coefficient (Wildman–Crippen LogP) is 1.04. The summed E-state index contributed by atoms with van der Waals surface area (Å²) in [5.41, 5.74) is 5.66. The van der Waals surface area contributed by atoms with Gasteiger partial charge in [0.05, 0.1) is 12.6 Å². The molecule has 2 rings (SSSR count). The predicted molar refractivity (Wildman–Crippen MR) is 61.0 cm³/mol. The molecule has 16 heavy (non-hydrogen) atoms. The molecule has 5 heteroatoms. The summed E-state index contributed by atoms with van der Waals surface area (Å²) in [5, 5.41) is 8.36. The van der Waals surface area contributed by atoms with Crippen LogP contribution in [0.25, 0.3) is 0 Å². The minimum absolute atomic E-state index is 0.312. The van der Waals surface area contributed by atoms with Gasteiger partial charge < -0.3 is 15.0 Å². The van der Waals surface area contributed by atoms with Crippen LogP contribution in [0.5, 0.6) is 0 Å². The van der Waals surface area contributed by atoms with Gasteiger partial charge >= 0.3 is 0 Å². The fourth-order valence-corrected chi connectivity index (χ4v) is 2.24. The number of hydrogen-bond donors (Lipinski definition) is 1. The Morgan fingerprint density at radius 2 is 2.19 bits per heavy atom. The normalized spacial score (nSPS) is 20.9. The molecule has 0 radical (unpaired) electrons. The van der Waals surface area contributed by atoms with Gasteiger partial charge in [0.15, 0.2) is 0 Å². The van der Waals surface area contributed by atoms with E-state index in [2.05, 4.69) is 28.6 Å². The molecule has 2 heterocycles. The third-order valence-electron chi connectivity index (χ3n) is 2.97. The molecule has 2 N–H and O–H groups in total. The molecule has 1 aliphatic rings. The molecule has 0 aromatic carbocycles. The molecule has 0 saturated carbocycles. The topological polar surface area (TPSA) is 66.0 Å². The second-order valence-electron chi connectivity index (χ2n) is 4.54. The van der Waals surface area contributed by atoms with Gasteiger partial charge in [-0.1, -0.05) is 0 Å². The van der Waals surface area contributed by atoms with E-state index in [0.717, 1.165) is 37.5 Å². The van der Waals surface area contributed by atoms with E-state index in [9.17, 15) is 0 Å². The minimum Gasteiger partial charge on any atom is -0.378 e. The van der Waals surface area contributed by atoms with Crippen molar-refractivity contribution in [2.45, 2.75) is 51.8 Å². The van der Waals surface area contributed by atoms with Gasteiger partial charge in [0.25, 0.3) is 0 Å². The summed E-state index contributed by atoms with van der Waals surface area (Å²) in [4.78, 5) is 0. The number of aromatic nitrogens is 3. The molecule has 1 atom stereocenters. The van der Waals surface area contributed by atoms with Gasteiger partial charge in [-0.05, 0) is 26.7 Å². The third kappa shape index (κ3) is 2.25. The first kappa shape index (κ1) is 11.5. The summed E-state index contributed by atoms with van der Waals surface area (Å²) in [7, 11) is 0. The number of ether oxygens (including phenoxy) is 1. The smallest absolute Gasteiger partial charge is 0.147 e. The van der Waals surface area contributed by atoms with Crippen LogP contribution in [-0.2, 0) is 17.7 Å². The second kappa shape index (κ2) is 4.93. The zero-order valence-corrected chi connectivity index (χ0v) is 10.0. The highest BCUT2D eigenvalue weighted by atomic mass is 16.5. The van der Waals surface area contributed by atoms with Gasteiger partial charge in [0.2, 0.25) is 0 Å². The number of hydrogen-bond acceptors (Lipinski definition) is 4.